The number of anilines is 1. The van der Waals surface area contributed by atoms with Gasteiger partial charge in [-0.1, -0.05) is 5.21 Å². The monoisotopic (exact) mass is 445 g/mol. The van der Waals surface area contributed by atoms with Gasteiger partial charge in [0.1, 0.15) is 6.04 Å². The first-order valence-electron chi connectivity index (χ1n) is 7.89. The first-order chi connectivity index (χ1) is 13.7. The van der Waals surface area contributed by atoms with Crippen molar-refractivity contribution in [3.8, 4) is 0 Å². The van der Waals surface area contributed by atoms with Crippen LogP contribution in [-0.4, -0.2) is 61.2 Å². The molecule has 15 nitrogen and oxygen atoms in total. The van der Waals surface area contributed by atoms with Gasteiger partial charge in [-0.25, -0.2) is 9.29 Å². The lowest BCUT2D eigenvalue weighted by atomic mass is 9.98. The molecule has 3 heterocycles. The number of rotatable bonds is 8. The van der Waals surface area contributed by atoms with Crippen LogP contribution in [0.2, 0.25) is 0 Å². The van der Waals surface area contributed by atoms with E-state index in [0.29, 0.717) is 5.69 Å². The van der Waals surface area contributed by atoms with E-state index in [1.54, 1.807) is 0 Å². The van der Waals surface area contributed by atoms with Gasteiger partial charge in [-0.05, 0) is 5.18 Å². The van der Waals surface area contributed by atoms with E-state index in [-0.39, 0.29) is 28.2 Å². The molecule has 2 amide bonds. The number of hydrogen-bond acceptors (Lipinski definition) is 12. The molecule has 0 bridgehead atoms. The van der Waals surface area contributed by atoms with Gasteiger partial charge >= 0.3 is 10.3 Å². The number of nitroso groups, excluding NO2 is 1. The molecular formula is C12H15N9O6S2. The van der Waals surface area contributed by atoms with Gasteiger partial charge in [0.25, 0.3) is 11.8 Å². The molecule has 0 saturated carbocycles. The summed E-state index contributed by atoms with van der Waals surface area (Å²) in [5.74, 6) is -2.07. The Labute approximate surface area is 166 Å². The number of β-lactam (4-membered cyclic amide) rings is 1. The maximum atomic E-state index is 12.4. The number of nitrogens with two attached hydrogens (primary N) is 2. The largest absolute Gasteiger partial charge is 0.375 e. The zero-order chi connectivity index (χ0) is 21.3. The number of thiazole rings is 1. The second kappa shape index (κ2) is 7.78. The highest BCUT2D eigenvalue weighted by Crippen LogP contribution is 2.27. The second-order valence-electron chi connectivity index (χ2n) is 5.92. The smallest absolute Gasteiger partial charge is 0.362 e. The Kier molecular flexibility index (Phi) is 5.55. The average molecular weight is 445 g/mol. The van der Waals surface area contributed by atoms with Crippen LogP contribution >= 0.6 is 11.3 Å². The van der Waals surface area contributed by atoms with Crippen molar-refractivity contribution in [2.75, 3.05) is 5.73 Å². The summed E-state index contributed by atoms with van der Waals surface area (Å²) in [6, 6.07) is -4.18. The molecule has 3 rings (SSSR count). The van der Waals surface area contributed by atoms with E-state index in [1.165, 1.54) is 16.3 Å². The standard InChI is InChI=1S/C12H15N9O6S2/c13-1-5-2-20(19-17-5)3-7-9(11(23)21(7)29(25,26)27)16-10(22)8(18-24)6-4-28-12(14)15-6/h2,4,7-9H,1,3,13H2,(H2,14,15)(H,16,22)(H,25,26,27). The van der Waals surface area contributed by atoms with Crippen molar-refractivity contribution in [3.63, 3.8) is 0 Å². The third-order valence-electron chi connectivity index (χ3n) is 4.06. The van der Waals surface area contributed by atoms with Crippen LogP contribution in [0, 0.1) is 4.91 Å². The highest BCUT2D eigenvalue weighted by molar-refractivity contribution is 7.84. The van der Waals surface area contributed by atoms with Gasteiger partial charge in [-0.3, -0.25) is 18.8 Å². The molecule has 0 spiro atoms. The van der Waals surface area contributed by atoms with Crippen LogP contribution in [0.15, 0.2) is 16.8 Å². The Balaban J connectivity index is 1.80. The highest BCUT2D eigenvalue weighted by atomic mass is 32.2. The summed E-state index contributed by atoms with van der Waals surface area (Å²) in [6.45, 7) is -0.151. The fourth-order valence-corrected chi connectivity index (χ4v) is 4.20. The van der Waals surface area contributed by atoms with Crippen molar-refractivity contribution in [1.82, 2.24) is 29.6 Å². The van der Waals surface area contributed by atoms with Crippen molar-refractivity contribution >= 4 is 38.6 Å². The quantitative estimate of drug-likeness (QED) is 0.193. The Hall–Kier alpha value is -3.02. The predicted molar refractivity (Wildman–Crippen MR) is 97.1 cm³/mol. The Morgan fingerprint density at radius 1 is 1.48 bits per heavy atom. The second-order valence-corrected chi connectivity index (χ2v) is 8.10. The van der Waals surface area contributed by atoms with E-state index < -0.39 is 40.2 Å². The zero-order valence-corrected chi connectivity index (χ0v) is 16.1. The molecule has 0 aliphatic carbocycles. The minimum absolute atomic E-state index is 0.0150. The van der Waals surface area contributed by atoms with Gasteiger partial charge in [0, 0.05) is 18.1 Å². The molecule has 2 aromatic heterocycles. The zero-order valence-electron chi connectivity index (χ0n) is 14.4. The summed E-state index contributed by atoms with van der Waals surface area (Å²) >= 11 is 0.987. The summed E-state index contributed by atoms with van der Waals surface area (Å²) in [5.41, 5.74) is 11.3. The van der Waals surface area contributed by atoms with Gasteiger partial charge in [0.05, 0.1) is 24.0 Å². The van der Waals surface area contributed by atoms with E-state index in [1.807, 2.05) is 0 Å². The van der Waals surface area contributed by atoms with Crippen LogP contribution in [0.5, 0.6) is 0 Å². The molecule has 6 N–H and O–H groups in total. The number of carbonyl (C=O) groups excluding carboxylic acids is 2. The predicted octanol–water partition coefficient (Wildman–Crippen LogP) is -2.22. The van der Waals surface area contributed by atoms with Crippen LogP contribution in [0.3, 0.4) is 0 Å². The number of carbonyl (C=O) groups is 2. The molecule has 1 saturated heterocycles. The van der Waals surface area contributed by atoms with Crippen LogP contribution in [-0.2, 0) is 33.0 Å². The molecule has 156 valence electrons. The Bertz CT molecular complexity index is 1050. The van der Waals surface area contributed by atoms with Crippen LogP contribution < -0.4 is 16.8 Å². The third kappa shape index (κ3) is 4.06. The van der Waals surface area contributed by atoms with Gasteiger partial charge in [-0.15, -0.1) is 21.3 Å². The van der Waals surface area contributed by atoms with E-state index in [0.717, 1.165) is 11.3 Å². The van der Waals surface area contributed by atoms with Gasteiger partial charge in [0.2, 0.25) is 6.04 Å². The summed E-state index contributed by atoms with van der Waals surface area (Å²) in [4.78, 5) is 39.6. The number of aromatic nitrogens is 4. The van der Waals surface area contributed by atoms with Gasteiger partial charge in [0.15, 0.2) is 5.13 Å². The Morgan fingerprint density at radius 3 is 2.72 bits per heavy atom. The molecular weight excluding hydrogens is 430 g/mol. The maximum absolute atomic E-state index is 12.4. The molecule has 3 atom stereocenters. The number of nitrogens with one attached hydrogen (secondary N) is 1. The first kappa shape index (κ1) is 20.7. The highest BCUT2D eigenvalue weighted by Gasteiger charge is 2.54. The molecule has 0 radical (unpaired) electrons. The van der Waals surface area contributed by atoms with Crippen LogP contribution in [0.1, 0.15) is 17.4 Å². The minimum Gasteiger partial charge on any atom is -0.375 e. The molecule has 3 unspecified atom stereocenters. The van der Waals surface area contributed by atoms with E-state index >= 15 is 0 Å². The lowest BCUT2D eigenvalue weighted by Gasteiger charge is -2.44. The topological polar surface area (TPSA) is 229 Å². The molecule has 0 aromatic carbocycles. The lowest BCUT2D eigenvalue weighted by molar-refractivity contribution is -0.146. The van der Waals surface area contributed by atoms with Crippen molar-refractivity contribution < 1.29 is 22.6 Å². The average Bonchev–Trinajstić information content (AvgIpc) is 3.27. The molecule has 2 aromatic rings. The Morgan fingerprint density at radius 2 is 2.21 bits per heavy atom. The van der Waals surface area contributed by atoms with Crippen molar-refractivity contribution in [2.45, 2.75) is 31.2 Å². The molecule has 1 aliphatic rings. The number of amides is 2. The van der Waals surface area contributed by atoms with Crippen molar-refractivity contribution in [1.29, 1.82) is 0 Å². The van der Waals surface area contributed by atoms with Crippen molar-refractivity contribution in [2.24, 2.45) is 10.9 Å². The first-order valence-corrected chi connectivity index (χ1v) is 10.2. The van der Waals surface area contributed by atoms with Gasteiger partial charge in [-0.2, -0.15) is 8.42 Å². The van der Waals surface area contributed by atoms with E-state index in [2.05, 4.69) is 25.8 Å². The molecule has 17 heteroatoms. The van der Waals surface area contributed by atoms with Crippen LogP contribution in [0.4, 0.5) is 5.13 Å². The normalized spacial score (nSPS) is 20.2. The molecule has 1 aliphatic heterocycles. The summed E-state index contributed by atoms with van der Waals surface area (Å²) in [7, 11) is -4.89. The van der Waals surface area contributed by atoms with E-state index in [9.17, 15) is 27.5 Å². The minimum atomic E-state index is -4.89. The van der Waals surface area contributed by atoms with Crippen LogP contribution in [0.25, 0.3) is 0 Å². The molecule has 1 fully saturated rings. The number of nitrogens with zero attached hydrogens (tertiary/aromatic N) is 6. The molecule has 29 heavy (non-hydrogen) atoms. The third-order valence-corrected chi connectivity index (χ3v) is 5.70. The number of hydrogen-bond donors (Lipinski definition) is 4. The maximum Gasteiger partial charge on any atom is 0.362 e. The lowest BCUT2D eigenvalue weighted by Crippen LogP contribution is -2.73. The SMILES string of the molecule is NCc1cn(CC2C(NC(=O)C(N=O)c3csc(N)n3)C(=O)N2S(=O)(=O)O)nn1. The van der Waals surface area contributed by atoms with E-state index in [4.69, 9.17) is 11.5 Å². The number of nitrogen functional groups attached to an aromatic ring is 1. The fourth-order valence-electron chi connectivity index (χ4n) is 2.75. The summed E-state index contributed by atoms with van der Waals surface area (Å²) in [6.07, 6.45) is 1.41. The van der Waals surface area contributed by atoms with Gasteiger partial charge < -0.3 is 16.8 Å². The van der Waals surface area contributed by atoms with Crippen molar-refractivity contribution in [3.05, 3.63) is 27.9 Å². The fraction of sp³-hybridized carbons (Fsp3) is 0.417. The summed E-state index contributed by atoms with van der Waals surface area (Å²) < 4.78 is 33.8. The summed E-state index contributed by atoms with van der Waals surface area (Å²) in [5, 5.41) is 13.9.